The number of fused-ring (bicyclic) bond motifs is 1. The van der Waals surface area contributed by atoms with E-state index in [2.05, 4.69) is 24.3 Å². The Balaban J connectivity index is 2.41. The first-order valence-corrected chi connectivity index (χ1v) is 4.76. The summed E-state index contributed by atoms with van der Waals surface area (Å²) in [6.07, 6.45) is 4.12. The molecule has 1 aromatic rings. The summed E-state index contributed by atoms with van der Waals surface area (Å²) in [5.74, 6) is 1.03. The summed E-state index contributed by atoms with van der Waals surface area (Å²) < 4.78 is 5.28. The van der Waals surface area contributed by atoms with Crippen molar-refractivity contribution in [3.05, 3.63) is 17.5 Å². The summed E-state index contributed by atoms with van der Waals surface area (Å²) in [5.41, 5.74) is 1.53. The molecule has 1 aromatic heterocycles. The van der Waals surface area contributed by atoms with E-state index in [-0.39, 0.29) is 5.41 Å². The Bertz CT molecular complexity index is 304. The third kappa shape index (κ3) is 1.27. The molecule has 0 saturated carbocycles. The minimum Gasteiger partial charge on any atom is -0.359 e. The van der Waals surface area contributed by atoms with E-state index in [4.69, 9.17) is 4.52 Å². The van der Waals surface area contributed by atoms with Crippen LogP contribution >= 0.6 is 0 Å². The topological polar surface area (TPSA) is 38.1 Å². The monoisotopic (exact) mass is 180 g/mol. The van der Waals surface area contributed by atoms with Crippen molar-refractivity contribution in [1.82, 2.24) is 10.5 Å². The molecule has 1 unspecified atom stereocenters. The molecule has 0 bridgehead atoms. The molecule has 0 saturated heterocycles. The molecule has 2 rings (SSSR count). The summed E-state index contributed by atoms with van der Waals surface area (Å²) in [6.45, 7) is 4.53. The lowest BCUT2D eigenvalue weighted by molar-refractivity contribution is 0.179. The van der Waals surface area contributed by atoms with Gasteiger partial charge in [0.1, 0.15) is 0 Å². The van der Waals surface area contributed by atoms with Gasteiger partial charge in [0.15, 0.2) is 5.76 Å². The molecule has 0 spiro atoms. The number of hydrogen-bond acceptors (Lipinski definition) is 3. The zero-order valence-corrected chi connectivity index (χ0v) is 8.42. The third-order valence-electron chi connectivity index (χ3n) is 3.05. The van der Waals surface area contributed by atoms with Gasteiger partial charge in [-0.1, -0.05) is 19.0 Å². The fourth-order valence-corrected chi connectivity index (χ4v) is 2.17. The van der Waals surface area contributed by atoms with E-state index in [9.17, 15) is 0 Å². The average Bonchev–Trinajstić information content (AvgIpc) is 2.50. The summed E-state index contributed by atoms with van der Waals surface area (Å²) in [6, 6.07) is 0.304. The first kappa shape index (κ1) is 8.75. The van der Waals surface area contributed by atoms with Crippen LogP contribution in [0.1, 0.15) is 37.6 Å². The van der Waals surface area contributed by atoms with Crippen molar-refractivity contribution in [1.29, 1.82) is 0 Å². The van der Waals surface area contributed by atoms with Crippen LogP contribution in [0.4, 0.5) is 0 Å². The maximum Gasteiger partial charge on any atom is 0.157 e. The largest absolute Gasteiger partial charge is 0.359 e. The minimum absolute atomic E-state index is 0.265. The molecule has 0 fully saturated rings. The molecule has 3 nitrogen and oxygen atoms in total. The first-order chi connectivity index (χ1) is 6.15. The van der Waals surface area contributed by atoms with Gasteiger partial charge in [0.05, 0.1) is 12.2 Å². The molecule has 3 heteroatoms. The van der Waals surface area contributed by atoms with Gasteiger partial charge in [-0.2, -0.15) is 0 Å². The summed E-state index contributed by atoms with van der Waals surface area (Å²) in [7, 11) is 1.98. The van der Waals surface area contributed by atoms with Crippen LogP contribution in [0.3, 0.4) is 0 Å². The highest BCUT2D eigenvalue weighted by Gasteiger charge is 2.37. The van der Waals surface area contributed by atoms with Crippen molar-refractivity contribution in [2.45, 2.75) is 32.7 Å². The number of aryl methyl sites for hydroxylation is 1. The maximum absolute atomic E-state index is 5.28. The second kappa shape index (κ2) is 2.84. The maximum atomic E-state index is 5.28. The Hall–Kier alpha value is -0.830. The number of rotatable bonds is 1. The van der Waals surface area contributed by atoms with Gasteiger partial charge >= 0.3 is 0 Å². The van der Waals surface area contributed by atoms with E-state index >= 15 is 0 Å². The average molecular weight is 180 g/mol. The molecule has 1 aliphatic rings. The zero-order valence-electron chi connectivity index (χ0n) is 8.42. The van der Waals surface area contributed by atoms with Gasteiger partial charge in [-0.25, -0.2) is 0 Å². The highest BCUT2D eigenvalue weighted by atomic mass is 16.5. The van der Waals surface area contributed by atoms with Gasteiger partial charge in [0.25, 0.3) is 0 Å². The Morgan fingerprint density at radius 1 is 1.62 bits per heavy atom. The molecule has 1 N–H and O–H groups in total. The zero-order chi connectivity index (χ0) is 9.47. The number of aromatic nitrogens is 1. The third-order valence-corrected chi connectivity index (χ3v) is 3.05. The van der Waals surface area contributed by atoms with Crippen LogP contribution in [0.5, 0.6) is 0 Å². The fraction of sp³-hybridized carbons (Fsp3) is 0.700. The van der Waals surface area contributed by atoms with E-state index in [0.717, 1.165) is 12.2 Å². The van der Waals surface area contributed by atoms with Gasteiger partial charge in [-0.05, 0) is 25.3 Å². The predicted molar refractivity (Wildman–Crippen MR) is 50.4 cm³/mol. The van der Waals surface area contributed by atoms with Crippen LogP contribution in [-0.4, -0.2) is 12.2 Å². The van der Waals surface area contributed by atoms with Crippen molar-refractivity contribution in [2.24, 2.45) is 5.41 Å². The van der Waals surface area contributed by atoms with Gasteiger partial charge in [0.2, 0.25) is 0 Å². The normalized spacial score (nSPS) is 25.6. The van der Waals surface area contributed by atoms with Crippen molar-refractivity contribution in [2.75, 3.05) is 7.05 Å². The standard InChI is InChI=1S/C10H16N2O/c1-10(2)5-4-7-6-12-13-8(7)9(10)11-3/h6,9,11H,4-5H2,1-3H3. The Morgan fingerprint density at radius 2 is 2.38 bits per heavy atom. The van der Waals surface area contributed by atoms with E-state index in [1.54, 1.807) is 0 Å². The molecule has 13 heavy (non-hydrogen) atoms. The molecule has 0 aromatic carbocycles. The van der Waals surface area contributed by atoms with E-state index in [1.807, 2.05) is 13.2 Å². The Morgan fingerprint density at radius 3 is 3.08 bits per heavy atom. The fourth-order valence-electron chi connectivity index (χ4n) is 2.17. The Kier molecular flexibility index (Phi) is 1.91. The van der Waals surface area contributed by atoms with E-state index < -0.39 is 0 Å². The SMILES string of the molecule is CNC1c2oncc2CCC1(C)C. The quantitative estimate of drug-likeness (QED) is 0.717. The summed E-state index contributed by atoms with van der Waals surface area (Å²) >= 11 is 0. The van der Waals surface area contributed by atoms with Crippen molar-refractivity contribution < 1.29 is 4.52 Å². The van der Waals surface area contributed by atoms with E-state index in [0.29, 0.717) is 6.04 Å². The summed E-state index contributed by atoms with van der Waals surface area (Å²) in [4.78, 5) is 0. The Labute approximate surface area is 78.5 Å². The highest BCUT2D eigenvalue weighted by molar-refractivity contribution is 5.23. The smallest absolute Gasteiger partial charge is 0.157 e. The molecule has 0 radical (unpaired) electrons. The number of hydrogen-bond donors (Lipinski definition) is 1. The molecule has 72 valence electrons. The van der Waals surface area contributed by atoms with Crippen LogP contribution < -0.4 is 5.32 Å². The lowest BCUT2D eigenvalue weighted by Crippen LogP contribution is -2.35. The second-order valence-electron chi connectivity index (χ2n) is 4.43. The lowest BCUT2D eigenvalue weighted by atomic mass is 9.73. The molecular formula is C10H16N2O. The highest BCUT2D eigenvalue weighted by Crippen LogP contribution is 2.42. The molecule has 0 amide bonds. The first-order valence-electron chi connectivity index (χ1n) is 4.76. The predicted octanol–water partition coefficient (Wildman–Crippen LogP) is 1.91. The van der Waals surface area contributed by atoms with Crippen LogP contribution in [0.15, 0.2) is 10.7 Å². The van der Waals surface area contributed by atoms with E-state index in [1.165, 1.54) is 12.0 Å². The van der Waals surface area contributed by atoms with Crippen molar-refractivity contribution >= 4 is 0 Å². The number of nitrogens with zero attached hydrogens (tertiary/aromatic N) is 1. The lowest BCUT2D eigenvalue weighted by Gasteiger charge is -2.36. The van der Waals surface area contributed by atoms with Crippen LogP contribution in [0.25, 0.3) is 0 Å². The van der Waals surface area contributed by atoms with Crippen LogP contribution in [0.2, 0.25) is 0 Å². The molecule has 1 aliphatic carbocycles. The minimum atomic E-state index is 0.265. The van der Waals surface area contributed by atoms with Gasteiger partial charge in [-0.3, -0.25) is 0 Å². The van der Waals surface area contributed by atoms with Gasteiger partial charge in [-0.15, -0.1) is 0 Å². The molecular weight excluding hydrogens is 164 g/mol. The molecule has 1 heterocycles. The second-order valence-corrected chi connectivity index (χ2v) is 4.43. The van der Waals surface area contributed by atoms with Gasteiger partial charge in [0, 0.05) is 5.56 Å². The van der Waals surface area contributed by atoms with Crippen LogP contribution in [0, 0.1) is 5.41 Å². The molecule has 1 atom stereocenters. The van der Waals surface area contributed by atoms with Crippen LogP contribution in [-0.2, 0) is 6.42 Å². The summed E-state index contributed by atoms with van der Waals surface area (Å²) in [5, 5.41) is 7.16. The molecule has 0 aliphatic heterocycles. The number of nitrogens with one attached hydrogen (secondary N) is 1. The van der Waals surface area contributed by atoms with Gasteiger partial charge < -0.3 is 9.84 Å². The van der Waals surface area contributed by atoms with Crippen molar-refractivity contribution in [3.63, 3.8) is 0 Å². The van der Waals surface area contributed by atoms with Crippen molar-refractivity contribution in [3.8, 4) is 0 Å².